The Hall–Kier alpha value is -6.51. The van der Waals surface area contributed by atoms with E-state index in [9.17, 15) is 30.7 Å². The summed E-state index contributed by atoms with van der Waals surface area (Å²) in [5.74, 6) is -1.98. The van der Waals surface area contributed by atoms with Crippen LogP contribution >= 0.6 is 0 Å². The van der Waals surface area contributed by atoms with Gasteiger partial charge in [-0.15, -0.1) is 0 Å². The molecular formula is C69H111F7N8. The lowest BCUT2D eigenvalue weighted by atomic mass is 9.88. The van der Waals surface area contributed by atoms with Crippen molar-refractivity contribution in [3.63, 3.8) is 0 Å². The normalized spacial score (nSPS) is 10.7. The largest absolute Gasteiger partial charge is 0.308 e. The first-order valence-electron chi connectivity index (χ1n) is 25.2. The van der Waals surface area contributed by atoms with Crippen molar-refractivity contribution in [2.45, 2.75) is 235 Å². The van der Waals surface area contributed by atoms with E-state index in [-0.39, 0.29) is 107 Å². The summed E-state index contributed by atoms with van der Waals surface area (Å²) >= 11 is 0. The van der Waals surface area contributed by atoms with E-state index in [2.05, 4.69) is 60.6 Å². The van der Waals surface area contributed by atoms with Gasteiger partial charge in [-0.2, -0.15) is 22.0 Å². The van der Waals surface area contributed by atoms with Gasteiger partial charge in [0.2, 0.25) is 23.8 Å². The van der Waals surface area contributed by atoms with Crippen LogP contribution in [-0.4, -0.2) is 39.9 Å². The highest BCUT2D eigenvalue weighted by molar-refractivity contribution is 5.23. The molecule has 7 aromatic heterocycles. The van der Waals surface area contributed by atoms with Crippen LogP contribution in [0.3, 0.4) is 0 Å². The number of halogens is 7. The molecule has 7 aromatic rings. The number of aromatic nitrogens is 8. The van der Waals surface area contributed by atoms with Crippen LogP contribution in [0.2, 0.25) is 0 Å². The smallest absolute Gasteiger partial charge is 0.264 e. The lowest BCUT2D eigenvalue weighted by Gasteiger charge is -2.18. The van der Waals surface area contributed by atoms with E-state index < -0.39 is 23.9 Å². The average Bonchev–Trinajstić information content (AvgIpc) is 3.29. The van der Waals surface area contributed by atoms with Crippen molar-refractivity contribution in [3.05, 3.63) is 203 Å². The molecule has 476 valence electrons. The molecule has 0 radical (unpaired) electrons. The van der Waals surface area contributed by atoms with Gasteiger partial charge in [-0.3, -0.25) is 9.97 Å². The summed E-state index contributed by atoms with van der Waals surface area (Å²) in [4.78, 5) is 29.3. The molecule has 0 aliphatic carbocycles. The Morgan fingerprint density at radius 2 is 0.798 bits per heavy atom. The Balaban J connectivity index is -0.000000162. The van der Waals surface area contributed by atoms with E-state index in [1.54, 1.807) is 36.7 Å². The van der Waals surface area contributed by atoms with Crippen LogP contribution < -0.4 is 0 Å². The molecule has 0 saturated carbocycles. The zero-order valence-electron chi connectivity index (χ0n) is 49.3. The first kappa shape index (κ1) is 91.2. The summed E-state index contributed by atoms with van der Waals surface area (Å²) in [6.45, 7) is 42.3. The molecule has 0 atom stereocenters. The Kier molecular flexibility index (Phi) is 42.5. The molecule has 0 N–H and O–H groups in total. The summed E-state index contributed by atoms with van der Waals surface area (Å²) in [5, 5.41) is 0. The summed E-state index contributed by atoms with van der Waals surface area (Å²) in [5.41, 5.74) is 5.50. The fraction of sp³-hybridized carbons (Fsp3) is 0.507. The van der Waals surface area contributed by atoms with Crippen LogP contribution in [-0.2, 0) is 37.9 Å². The molecule has 8 nitrogen and oxygen atoms in total. The number of hydrogen-bond donors (Lipinski definition) is 0. The highest BCUT2D eigenvalue weighted by Crippen LogP contribution is 2.26. The van der Waals surface area contributed by atoms with Gasteiger partial charge >= 0.3 is 6.08 Å². The van der Waals surface area contributed by atoms with Crippen LogP contribution in [0.4, 0.5) is 30.7 Å². The second-order valence-corrected chi connectivity index (χ2v) is 25.1. The minimum absolute atomic E-state index is 0. The standard InChI is InChI=1S/6C9H12FN.C8H11FN2.7CH4/c1-9(2,3)7-6-11-5-4-8(7)10;1-9(2,3)8-6-7(10)4-5-11-8;1-9(2,3)7-4-5-11-8(10)6-7;1-9(2,3)7-4-5-8(10)11-6-7;1-9(2,3)7-5-4-6-11-8(7)10;1-9(2,3)7-5-4-6-8(10)11-7;1-8(2,3)6-4-10-7(9)11-5-6;;;;;;;/h6*4-6H,1-3H3;4-5H,1-3H3;7*1H4/i6*10-1;9-1;;;;;;;. The molecular weight excluding hydrogens is 1070 g/mol. The molecule has 0 bridgehead atoms. The number of rotatable bonds is 0. The van der Waals surface area contributed by atoms with Gasteiger partial charge in [-0.25, -0.2) is 38.7 Å². The van der Waals surface area contributed by atoms with Crippen molar-refractivity contribution in [3.8, 4) is 0 Å². The monoisotopic (exact) mass is 1180 g/mol. The van der Waals surface area contributed by atoms with Crippen LogP contribution in [0.1, 0.15) is 237 Å². The minimum atomic E-state index is -0.669. The van der Waals surface area contributed by atoms with Crippen LogP contribution in [0.15, 0.2) is 122 Å². The molecule has 0 aliphatic heterocycles. The molecule has 0 saturated heterocycles. The quantitative estimate of drug-likeness (QED) is 0.0840. The van der Waals surface area contributed by atoms with E-state index in [0.717, 1.165) is 28.1 Å². The molecule has 0 aliphatic rings. The highest BCUT2D eigenvalue weighted by Gasteiger charge is 2.20. The fourth-order valence-corrected chi connectivity index (χ4v) is 5.90. The van der Waals surface area contributed by atoms with Gasteiger partial charge in [-0.05, 0) is 98.4 Å². The van der Waals surface area contributed by atoms with Gasteiger partial charge in [0, 0.05) is 82.9 Å². The topological polar surface area (TPSA) is 103 Å². The van der Waals surface area contributed by atoms with E-state index in [0.29, 0.717) is 11.1 Å². The first-order valence-corrected chi connectivity index (χ1v) is 25.2. The average molecular weight is 1180 g/mol. The Labute approximate surface area is 507 Å². The third kappa shape index (κ3) is 36.3. The first-order chi connectivity index (χ1) is 35.0. The fourth-order valence-electron chi connectivity index (χ4n) is 5.90. The van der Waals surface area contributed by atoms with Crippen molar-refractivity contribution >= 4 is 0 Å². The van der Waals surface area contributed by atoms with E-state index in [4.69, 9.17) is 0 Å². The van der Waals surface area contributed by atoms with Gasteiger partial charge in [0.25, 0.3) is 0 Å². The summed E-state index contributed by atoms with van der Waals surface area (Å²) in [6.07, 6.45) is 11.4. The molecule has 0 fully saturated rings. The maximum absolute atomic E-state index is 13.0. The van der Waals surface area contributed by atoms with Crippen LogP contribution in [0.25, 0.3) is 0 Å². The Morgan fingerprint density at radius 1 is 0.310 bits per heavy atom. The zero-order chi connectivity index (χ0) is 59.4. The molecule has 0 amide bonds. The molecule has 0 unspecified atom stereocenters. The molecule has 15 heteroatoms. The third-order valence-electron chi connectivity index (χ3n) is 10.8. The molecule has 0 aromatic carbocycles. The number of hydrogen-bond acceptors (Lipinski definition) is 8. The summed E-state index contributed by atoms with van der Waals surface area (Å²) in [7, 11) is 0. The maximum Gasteiger partial charge on any atom is 0.308 e. The summed E-state index contributed by atoms with van der Waals surface area (Å²) < 4.78 is 88.5. The highest BCUT2D eigenvalue weighted by atomic mass is 18.2. The predicted molar refractivity (Wildman–Crippen MR) is 345 cm³/mol. The number of nitrogens with zero attached hydrogens (tertiary/aromatic N) is 8. The lowest BCUT2D eigenvalue weighted by Crippen LogP contribution is -2.14. The van der Waals surface area contributed by atoms with Crippen LogP contribution in [0, 0.1) is 41.5 Å². The van der Waals surface area contributed by atoms with E-state index in [1.165, 1.54) is 73.6 Å². The SMILES string of the molecule is C.C.C.C.C.C.C.CC(C)(C)c1cc([18F])ccn1.CC(C)(C)c1ccc([18F])nc1.CC(C)(C)c1cccc([18F])n1.CC(C)(C)c1cccnc1[18F].CC(C)(C)c1ccnc([18F])c1.CC(C)(C)c1cnc([18F])nc1.CC(C)(C)c1cnccc1[18F]. The predicted octanol–water partition coefficient (Wildman–Crippen LogP) is 21.5. The van der Waals surface area contributed by atoms with Gasteiger partial charge in [0.05, 0.1) is 0 Å². The molecule has 7 heterocycles. The Bertz CT molecular complexity index is 2570. The van der Waals surface area contributed by atoms with Crippen molar-refractivity contribution in [2.75, 3.05) is 0 Å². The van der Waals surface area contributed by atoms with Gasteiger partial charge < -0.3 is 0 Å². The van der Waals surface area contributed by atoms with Crippen molar-refractivity contribution in [1.29, 1.82) is 0 Å². The van der Waals surface area contributed by atoms with Gasteiger partial charge in [0.15, 0.2) is 0 Å². The minimum Gasteiger partial charge on any atom is -0.264 e. The van der Waals surface area contributed by atoms with Gasteiger partial charge in [0.1, 0.15) is 11.6 Å². The zero-order valence-corrected chi connectivity index (χ0v) is 49.3. The molecule has 7 rings (SSSR count). The van der Waals surface area contributed by atoms with Crippen LogP contribution in [0.5, 0.6) is 0 Å². The van der Waals surface area contributed by atoms with Crippen molar-refractivity contribution in [2.24, 2.45) is 0 Å². The van der Waals surface area contributed by atoms with E-state index >= 15 is 0 Å². The third-order valence-corrected chi connectivity index (χ3v) is 10.8. The molecule has 84 heavy (non-hydrogen) atoms. The van der Waals surface area contributed by atoms with E-state index in [1.807, 2.05) is 137 Å². The van der Waals surface area contributed by atoms with Crippen molar-refractivity contribution in [1.82, 2.24) is 39.9 Å². The second kappa shape index (κ2) is 39.2. The summed E-state index contributed by atoms with van der Waals surface area (Å²) in [6, 6.07) is 19.1. The molecule has 0 spiro atoms. The lowest BCUT2D eigenvalue weighted by molar-refractivity contribution is 0.499. The van der Waals surface area contributed by atoms with Crippen molar-refractivity contribution < 1.29 is 30.7 Å². The van der Waals surface area contributed by atoms with Gasteiger partial charge in [-0.1, -0.05) is 216 Å². The second-order valence-electron chi connectivity index (χ2n) is 25.1. The number of pyridine rings is 6. The Morgan fingerprint density at radius 3 is 1.13 bits per heavy atom. The maximum atomic E-state index is 13.0.